The standard InChI is InChI=1S/C14H23NO4/c1-9(10-4-6-19-7-5-10)13(16)15-12-3-2-11(8-12)14(17)18/h9-12H,2-8H2,1H3,(H,15,16)(H,17,18)/t9?,11-,12+/m0/s1. The minimum atomic E-state index is -0.741. The van der Waals surface area contributed by atoms with Crippen LogP contribution in [-0.2, 0) is 14.3 Å². The normalized spacial score (nSPS) is 29.9. The summed E-state index contributed by atoms with van der Waals surface area (Å²) in [6.45, 7) is 3.45. The molecule has 1 saturated heterocycles. The van der Waals surface area contributed by atoms with E-state index in [2.05, 4.69) is 5.32 Å². The number of hydrogen-bond donors (Lipinski definition) is 2. The van der Waals surface area contributed by atoms with Crippen LogP contribution in [0.25, 0.3) is 0 Å². The zero-order valence-corrected chi connectivity index (χ0v) is 11.4. The molecule has 0 aromatic heterocycles. The van der Waals surface area contributed by atoms with Gasteiger partial charge in [0, 0.05) is 25.2 Å². The maximum absolute atomic E-state index is 12.2. The zero-order chi connectivity index (χ0) is 13.8. The second-order valence-corrected chi connectivity index (χ2v) is 5.79. The number of hydrogen-bond acceptors (Lipinski definition) is 3. The van der Waals surface area contributed by atoms with E-state index in [0.29, 0.717) is 18.8 Å². The van der Waals surface area contributed by atoms with Crippen LogP contribution >= 0.6 is 0 Å². The van der Waals surface area contributed by atoms with Crippen molar-refractivity contribution in [1.29, 1.82) is 0 Å². The topological polar surface area (TPSA) is 75.6 Å². The molecule has 1 amide bonds. The number of ether oxygens (including phenoxy) is 1. The van der Waals surface area contributed by atoms with Crippen molar-refractivity contribution in [2.24, 2.45) is 17.8 Å². The zero-order valence-electron chi connectivity index (χ0n) is 11.4. The van der Waals surface area contributed by atoms with E-state index < -0.39 is 5.97 Å². The van der Waals surface area contributed by atoms with Crippen LogP contribution in [0.3, 0.4) is 0 Å². The van der Waals surface area contributed by atoms with Crippen molar-refractivity contribution in [1.82, 2.24) is 5.32 Å². The number of amides is 1. The molecule has 5 nitrogen and oxygen atoms in total. The molecule has 0 aromatic carbocycles. The summed E-state index contributed by atoms with van der Waals surface area (Å²) in [7, 11) is 0. The lowest BCUT2D eigenvalue weighted by molar-refractivity contribution is -0.141. The molecule has 3 atom stereocenters. The van der Waals surface area contributed by atoms with E-state index in [1.165, 1.54) is 0 Å². The van der Waals surface area contributed by atoms with Gasteiger partial charge in [0.1, 0.15) is 0 Å². The van der Waals surface area contributed by atoms with Gasteiger partial charge in [-0.15, -0.1) is 0 Å². The molecule has 2 fully saturated rings. The average Bonchev–Trinajstić information content (AvgIpc) is 2.87. The van der Waals surface area contributed by atoms with E-state index in [4.69, 9.17) is 9.84 Å². The van der Waals surface area contributed by atoms with E-state index in [1.807, 2.05) is 6.92 Å². The van der Waals surface area contributed by atoms with Gasteiger partial charge in [-0.05, 0) is 38.0 Å². The Morgan fingerprint density at radius 2 is 1.89 bits per heavy atom. The third kappa shape index (κ3) is 3.69. The lowest BCUT2D eigenvalue weighted by Crippen LogP contribution is -2.40. The van der Waals surface area contributed by atoms with Gasteiger partial charge in [0.2, 0.25) is 5.91 Å². The lowest BCUT2D eigenvalue weighted by atomic mass is 9.86. The third-order valence-corrected chi connectivity index (χ3v) is 4.51. The van der Waals surface area contributed by atoms with Crippen molar-refractivity contribution in [2.75, 3.05) is 13.2 Å². The first-order chi connectivity index (χ1) is 9.08. The van der Waals surface area contributed by atoms with Crippen LogP contribution in [0.5, 0.6) is 0 Å². The fourth-order valence-electron chi connectivity index (χ4n) is 3.10. The molecule has 1 aliphatic heterocycles. The Bertz CT molecular complexity index is 338. The summed E-state index contributed by atoms with van der Waals surface area (Å²) in [5.74, 6) is -0.570. The fourth-order valence-corrected chi connectivity index (χ4v) is 3.10. The summed E-state index contributed by atoms with van der Waals surface area (Å²) in [5.41, 5.74) is 0. The Balaban J connectivity index is 1.79. The van der Waals surface area contributed by atoms with Crippen LogP contribution < -0.4 is 5.32 Å². The number of carboxylic acids is 1. The predicted molar refractivity (Wildman–Crippen MR) is 69.6 cm³/mol. The second kappa shape index (κ2) is 6.37. The van der Waals surface area contributed by atoms with Gasteiger partial charge in [0.05, 0.1) is 5.92 Å². The molecule has 1 saturated carbocycles. The van der Waals surface area contributed by atoms with Crippen molar-refractivity contribution in [3.8, 4) is 0 Å². The van der Waals surface area contributed by atoms with Crippen molar-refractivity contribution in [2.45, 2.75) is 45.1 Å². The van der Waals surface area contributed by atoms with Gasteiger partial charge in [-0.25, -0.2) is 0 Å². The van der Waals surface area contributed by atoms with E-state index in [1.54, 1.807) is 0 Å². The smallest absolute Gasteiger partial charge is 0.306 e. The summed E-state index contributed by atoms with van der Waals surface area (Å²) < 4.78 is 5.31. The summed E-state index contributed by atoms with van der Waals surface area (Å²) in [4.78, 5) is 23.1. The number of rotatable bonds is 4. The Hall–Kier alpha value is -1.10. The summed E-state index contributed by atoms with van der Waals surface area (Å²) >= 11 is 0. The second-order valence-electron chi connectivity index (χ2n) is 5.79. The molecule has 0 spiro atoms. The maximum Gasteiger partial charge on any atom is 0.306 e. The Morgan fingerprint density at radius 3 is 2.47 bits per heavy atom. The van der Waals surface area contributed by atoms with Crippen LogP contribution in [0.1, 0.15) is 39.0 Å². The highest BCUT2D eigenvalue weighted by atomic mass is 16.5. The molecule has 2 rings (SSSR count). The first-order valence-corrected chi connectivity index (χ1v) is 7.19. The molecule has 1 unspecified atom stereocenters. The van der Waals surface area contributed by atoms with Crippen LogP contribution in [0.15, 0.2) is 0 Å². The minimum absolute atomic E-state index is 0.00669. The SMILES string of the molecule is CC(C(=O)N[C@@H]1CC[C@H](C(=O)O)C1)C1CCOCC1. The highest BCUT2D eigenvalue weighted by Crippen LogP contribution is 2.27. The summed E-state index contributed by atoms with van der Waals surface area (Å²) in [6, 6.07) is 0.0379. The van der Waals surface area contributed by atoms with E-state index in [-0.39, 0.29) is 23.8 Å². The fraction of sp³-hybridized carbons (Fsp3) is 0.857. The number of nitrogens with one attached hydrogen (secondary N) is 1. The summed E-state index contributed by atoms with van der Waals surface area (Å²) in [6.07, 6.45) is 3.91. The van der Waals surface area contributed by atoms with Crippen molar-refractivity contribution in [3.05, 3.63) is 0 Å². The maximum atomic E-state index is 12.2. The van der Waals surface area contributed by atoms with E-state index >= 15 is 0 Å². The van der Waals surface area contributed by atoms with Gasteiger partial charge in [0.15, 0.2) is 0 Å². The minimum Gasteiger partial charge on any atom is -0.481 e. The van der Waals surface area contributed by atoms with Crippen molar-refractivity contribution in [3.63, 3.8) is 0 Å². The molecule has 2 aliphatic rings. The largest absolute Gasteiger partial charge is 0.481 e. The van der Waals surface area contributed by atoms with Crippen LogP contribution in [0.4, 0.5) is 0 Å². The molecule has 1 aliphatic carbocycles. The highest BCUT2D eigenvalue weighted by Gasteiger charge is 2.33. The number of carbonyl (C=O) groups is 2. The molecule has 5 heteroatoms. The van der Waals surface area contributed by atoms with E-state index in [9.17, 15) is 9.59 Å². The highest BCUT2D eigenvalue weighted by molar-refractivity contribution is 5.79. The van der Waals surface area contributed by atoms with E-state index in [0.717, 1.165) is 32.5 Å². The van der Waals surface area contributed by atoms with Crippen LogP contribution in [0, 0.1) is 17.8 Å². The first kappa shape index (κ1) is 14.3. The van der Waals surface area contributed by atoms with Gasteiger partial charge in [0.25, 0.3) is 0 Å². The Labute approximate surface area is 113 Å². The molecular formula is C14H23NO4. The number of carbonyl (C=O) groups excluding carboxylic acids is 1. The molecule has 0 bridgehead atoms. The molecule has 19 heavy (non-hydrogen) atoms. The van der Waals surface area contributed by atoms with Gasteiger partial charge >= 0.3 is 5.97 Å². The van der Waals surface area contributed by atoms with Gasteiger partial charge in [-0.3, -0.25) is 9.59 Å². The van der Waals surface area contributed by atoms with Gasteiger partial charge in [-0.1, -0.05) is 6.92 Å². The monoisotopic (exact) mass is 269 g/mol. The van der Waals surface area contributed by atoms with Crippen molar-refractivity contribution >= 4 is 11.9 Å². The predicted octanol–water partition coefficient (Wildman–Crippen LogP) is 1.42. The molecule has 108 valence electrons. The molecule has 2 N–H and O–H groups in total. The van der Waals surface area contributed by atoms with Crippen LogP contribution in [-0.4, -0.2) is 36.2 Å². The molecule has 1 heterocycles. The number of carboxylic acid groups (broad SMARTS) is 1. The lowest BCUT2D eigenvalue weighted by Gasteiger charge is -2.28. The third-order valence-electron chi connectivity index (χ3n) is 4.51. The first-order valence-electron chi connectivity index (χ1n) is 7.19. The van der Waals surface area contributed by atoms with Crippen LogP contribution in [0.2, 0.25) is 0 Å². The van der Waals surface area contributed by atoms with Crippen molar-refractivity contribution < 1.29 is 19.4 Å². The summed E-state index contributed by atoms with van der Waals surface area (Å²) in [5, 5.41) is 12.0. The molecule has 0 radical (unpaired) electrons. The van der Waals surface area contributed by atoms with Gasteiger partial charge in [-0.2, -0.15) is 0 Å². The number of aliphatic carboxylic acids is 1. The van der Waals surface area contributed by atoms with Gasteiger partial charge < -0.3 is 15.2 Å². The Kier molecular flexibility index (Phi) is 4.80. The quantitative estimate of drug-likeness (QED) is 0.809. The molecule has 0 aromatic rings. The Morgan fingerprint density at radius 1 is 1.21 bits per heavy atom. The molecular weight excluding hydrogens is 246 g/mol. The average molecular weight is 269 g/mol.